The number of carbonyl (C=O) groups excluding carboxylic acids is 1. The molecule has 1 aromatic rings. The molecule has 0 radical (unpaired) electrons. The molecule has 21 heavy (non-hydrogen) atoms. The molecular formula is C18H23NO2. The van der Waals surface area contributed by atoms with Gasteiger partial charge in [-0.25, -0.2) is 4.79 Å². The molecule has 2 aliphatic rings. The SMILES string of the molecule is COC(=O)/C=C/[C@@H]1C2CCC(C[C@@H]1c1ccccc1)N2C. The molecule has 0 aromatic heterocycles. The highest BCUT2D eigenvalue weighted by Crippen LogP contribution is 2.46. The summed E-state index contributed by atoms with van der Waals surface area (Å²) in [5.74, 6) is 0.626. The first kappa shape index (κ1) is 14.3. The number of ether oxygens (including phenoxy) is 1. The van der Waals surface area contributed by atoms with Crippen LogP contribution in [-0.4, -0.2) is 37.1 Å². The van der Waals surface area contributed by atoms with Crippen LogP contribution in [0.4, 0.5) is 0 Å². The standard InChI is InChI=1S/C18H23NO2/c1-19-14-8-10-17(19)15(9-11-18(20)21-2)16(12-14)13-6-4-3-5-7-13/h3-7,9,11,14-17H,8,10,12H2,1-2H3/b11-9+/t14?,15-,16+,17?/m0/s1. The summed E-state index contributed by atoms with van der Waals surface area (Å²) < 4.78 is 4.75. The Balaban J connectivity index is 1.89. The second kappa shape index (κ2) is 6.02. The minimum atomic E-state index is -0.260. The summed E-state index contributed by atoms with van der Waals surface area (Å²) in [6, 6.07) is 11.9. The van der Waals surface area contributed by atoms with Crippen molar-refractivity contribution in [1.29, 1.82) is 0 Å². The van der Waals surface area contributed by atoms with E-state index in [2.05, 4.69) is 48.4 Å². The smallest absolute Gasteiger partial charge is 0.330 e. The van der Waals surface area contributed by atoms with E-state index < -0.39 is 0 Å². The molecule has 0 saturated carbocycles. The number of piperidine rings is 1. The third kappa shape index (κ3) is 2.75. The van der Waals surface area contributed by atoms with Crippen molar-refractivity contribution >= 4 is 5.97 Å². The van der Waals surface area contributed by atoms with Gasteiger partial charge in [0, 0.05) is 18.2 Å². The molecule has 0 aliphatic carbocycles. The normalized spacial score (nSPS) is 32.5. The van der Waals surface area contributed by atoms with Crippen molar-refractivity contribution in [2.45, 2.75) is 37.3 Å². The van der Waals surface area contributed by atoms with Crippen LogP contribution in [0.1, 0.15) is 30.7 Å². The summed E-state index contributed by atoms with van der Waals surface area (Å²) >= 11 is 0. The maximum absolute atomic E-state index is 11.5. The largest absolute Gasteiger partial charge is 0.466 e. The Hall–Kier alpha value is -1.61. The molecule has 2 unspecified atom stereocenters. The minimum Gasteiger partial charge on any atom is -0.466 e. The molecule has 2 saturated heterocycles. The Bertz CT molecular complexity index is 525. The number of benzene rings is 1. The van der Waals surface area contributed by atoms with Crippen molar-refractivity contribution in [1.82, 2.24) is 4.90 Å². The van der Waals surface area contributed by atoms with Gasteiger partial charge in [0.25, 0.3) is 0 Å². The zero-order valence-electron chi connectivity index (χ0n) is 12.7. The van der Waals surface area contributed by atoms with Crippen molar-refractivity contribution in [3.8, 4) is 0 Å². The zero-order valence-corrected chi connectivity index (χ0v) is 12.7. The van der Waals surface area contributed by atoms with Crippen LogP contribution < -0.4 is 0 Å². The van der Waals surface area contributed by atoms with E-state index in [1.165, 1.54) is 31.9 Å². The Morgan fingerprint density at radius 2 is 2.05 bits per heavy atom. The van der Waals surface area contributed by atoms with Gasteiger partial charge in [0.2, 0.25) is 0 Å². The monoisotopic (exact) mass is 285 g/mol. The highest BCUT2D eigenvalue weighted by atomic mass is 16.5. The molecule has 112 valence electrons. The van der Waals surface area contributed by atoms with E-state index in [0.29, 0.717) is 23.9 Å². The van der Waals surface area contributed by atoms with Crippen LogP contribution in [0.3, 0.4) is 0 Å². The molecule has 3 heteroatoms. The molecule has 0 spiro atoms. The molecule has 1 aromatic carbocycles. The van der Waals surface area contributed by atoms with Crippen LogP contribution in [0.25, 0.3) is 0 Å². The van der Waals surface area contributed by atoms with Gasteiger partial charge in [-0.05, 0) is 43.7 Å². The summed E-state index contributed by atoms with van der Waals surface area (Å²) in [6.45, 7) is 0. The van der Waals surface area contributed by atoms with Gasteiger partial charge >= 0.3 is 5.97 Å². The van der Waals surface area contributed by atoms with E-state index >= 15 is 0 Å². The molecular weight excluding hydrogens is 262 g/mol. The summed E-state index contributed by atoms with van der Waals surface area (Å²) in [5, 5.41) is 0. The maximum Gasteiger partial charge on any atom is 0.330 e. The average Bonchev–Trinajstić information content (AvgIpc) is 2.77. The lowest BCUT2D eigenvalue weighted by molar-refractivity contribution is -0.134. The second-order valence-corrected chi connectivity index (χ2v) is 6.18. The molecule has 4 atom stereocenters. The van der Waals surface area contributed by atoms with Crippen LogP contribution in [0.5, 0.6) is 0 Å². The molecule has 3 nitrogen and oxygen atoms in total. The van der Waals surface area contributed by atoms with E-state index in [1.54, 1.807) is 6.08 Å². The zero-order chi connectivity index (χ0) is 14.8. The van der Waals surface area contributed by atoms with Gasteiger partial charge in [-0.1, -0.05) is 36.4 Å². The van der Waals surface area contributed by atoms with Crippen LogP contribution in [-0.2, 0) is 9.53 Å². The van der Waals surface area contributed by atoms with Gasteiger partial charge in [-0.2, -0.15) is 0 Å². The van der Waals surface area contributed by atoms with Gasteiger partial charge in [0.15, 0.2) is 0 Å². The number of rotatable bonds is 3. The predicted molar refractivity (Wildman–Crippen MR) is 83.0 cm³/mol. The fourth-order valence-electron chi connectivity index (χ4n) is 4.09. The minimum absolute atomic E-state index is 0.260. The van der Waals surface area contributed by atoms with Gasteiger partial charge in [0.05, 0.1) is 7.11 Å². The lowest BCUT2D eigenvalue weighted by Gasteiger charge is -2.42. The number of nitrogens with zero attached hydrogens (tertiary/aromatic N) is 1. The quantitative estimate of drug-likeness (QED) is 0.631. The fraction of sp³-hybridized carbons (Fsp3) is 0.500. The van der Waals surface area contributed by atoms with Gasteiger partial charge in [-0.3, -0.25) is 4.90 Å². The van der Waals surface area contributed by atoms with Crippen LogP contribution in [0, 0.1) is 5.92 Å². The van der Waals surface area contributed by atoms with E-state index in [1.807, 2.05) is 0 Å². The van der Waals surface area contributed by atoms with Crippen LogP contribution >= 0.6 is 0 Å². The van der Waals surface area contributed by atoms with Gasteiger partial charge in [0.1, 0.15) is 0 Å². The van der Waals surface area contributed by atoms with Crippen molar-refractivity contribution in [3.63, 3.8) is 0 Å². The number of fused-ring (bicyclic) bond motifs is 2. The molecule has 2 aliphatic heterocycles. The Labute approximate surface area is 126 Å². The van der Waals surface area contributed by atoms with Crippen molar-refractivity contribution in [3.05, 3.63) is 48.0 Å². The highest BCUT2D eigenvalue weighted by molar-refractivity contribution is 5.81. The number of hydrogen-bond acceptors (Lipinski definition) is 3. The predicted octanol–water partition coefficient (Wildman–Crippen LogP) is 2.98. The van der Waals surface area contributed by atoms with E-state index in [4.69, 9.17) is 4.74 Å². The van der Waals surface area contributed by atoms with E-state index in [9.17, 15) is 4.79 Å². The molecule has 0 amide bonds. The van der Waals surface area contributed by atoms with Crippen LogP contribution in [0.2, 0.25) is 0 Å². The van der Waals surface area contributed by atoms with E-state index in [-0.39, 0.29) is 5.97 Å². The maximum atomic E-state index is 11.5. The average molecular weight is 285 g/mol. The number of hydrogen-bond donors (Lipinski definition) is 0. The lowest BCUT2D eigenvalue weighted by Crippen LogP contribution is -2.45. The first-order chi connectivity index (χ1) is 10.2. The number of carbonyl (C=O) groups is 1. The third-order valence-corrected chi connectivity index (χ3v) is 5.21. The second-order valence-electron chi connectivity index (χ2n) is 6.18. The first-order valence-corrected chi connectivity index (χ1v) is 7.73. The Morgan fingerprint density at radius 1 is 1.29 bits per heavy atom. The first-order valence-electron chi connectivity index (χ1n) is 7.73. The fourth-order valence-corrected chi connectivity index (χ4v) is 4.09. The van der Waals surface area contributed by atoms with Gasteiger partial charge in [-0.15, -0.1) is 0 Å². The highest BCUT2D eigenvalue weighted by Gasteiger charge is 2.44. The molecule has 0 N–H and O–H groups in total. The van der Waals surface area contributed by atoms with E-state index in [0.717, 1.165) is 0 Å². The Kier molecular flexibility index (Phi) is 4.11. The van der Waals surface area contributed by atoms with Gasteiger partial charge < -0.3 is 4.74 Å². The van der Waals surface area contributed by atoms with Crippen molar-refractivity contribution < 1.29 is 9.53 Å². The van der Waals surface area contributed by atoms with Crippen LogP contribution in [0.15, 0.2) is 42.5 Å². The third-order valence-electron chi connectivity index (χ3n) is 5.21. The Morgan fingerprint density at radius 3 is 2.76 bits per heavy atom. The summed E-state index contributed by atoms with van der Waals surface area (Å²) in [7, 11) is 3.66. The number of methoxy groups -OCH3 is 1. The molecule has 2 bridgehead atoms. The number of esters is 1. The summed E-state index contributed by atoms with van der Waals surface area (Å²) in [6.07, 6.45) is 7.35. The molecule has 2 fully saturated rings. The van der Waals surface area contributed by atoms with Crippen molar-refractivity contribution in [2.75, 3.05) is 14.2 Å². The molecule has 2 heterocycles. The summed E-state index contributed by atoms with van der Waals surface area (Å²) in [5.41, 5.74) is 1.39. The molecule has 3 rings (SSSR count). The lowest BCUT2D eigenvalue weighted by atomic mass is 9.76. The summed E-state index contributed by atoms with van der Waals surface area (Å²) in [4.78, 5) is 14.0. The topological polar surface area (TPSA) is 29.5 Å². The van der Waals surface area contributed by atoms with Crippen molar-refractivity contribution in [2.24, 2.45) is 5.92 Å².